The summed E-state index contributed by atoms with van der Waals surface area (Å²) in [5.41, 5.74) is 3.24. The van der Waals surface area contributed by atoms with Gasteiger partial charge in [-0.25, -0.2) is 4.98 Å². The third kappa shape index (κ3) is 2.77. The highest BCUT2D eigenvalue weighted by molar-refractivity contribution is 6.29. The molecule has 17 heavy (non-hydrogen) atoms. The minimum Gasteiger partial charge on any atom is -0.457 e. The third-order valence-electron chi connectivity index (χ3n) is 2.58. The average molecular weight is 248 g/mol. The van der Waals surface area contributed by atoms with E-state index in [4.69, 9.17) is 16.3 Å². The Balaban J connectivity index is 2.37. The smallest absolute Gasteiger partial charge is 0.134 e. The molecule has 0 atom stereocenters. The molecule has 2 nitrogen and oxygen atoms in total. The van der Waals surface area contributed by atoms with Gasteiger partial charge in [-0.1, -0.05) is 23.7 Å². The highest BCUT2D eigenvalue weighted by Gasteiger charge is 2.06. The maximum atomic E-state index is 5.88. The first-order valence-corrected chi connectivity index (χ1v) is 5.81. The lowest BCUT2D eigenvalue weighted by Crippen LogP contribution is -1.92. The zero-order chi connectivity index (χ0) is 12.4. The van der Waals surface area contributed by atoms with Crippen LogP contribution in [-0.4, -0.2) is 4.98 Å². The van der Waals surface area contributed by atoms with Crippen molar-refractivity contribution in [2.45, 2.75) is 20.8 Å². The van der Waals surface area contributed by atoms with Crippen molar-refractivity contribution < 1.29 is 4.74 Å². The molecule has 0 fully saturated rings. The van der Waals surface area contributed by atoms with E-state index in [9.17, 15) is 0 Å². The van der Waals surface area contributed by atoms with Crippen LogP contribution in [0.5, 0.6) is 11.5 Å². The van der Waals surface area contributed by atoms with E-state index in [-0.39, 0.29) is 0 Å². The molecule has 88 valence electrons. The summed E-state index contributed by atoms with van der Waals surface area (Å²) >= 11 is 5.86. The molecule has 2 aromatic rings. The van der Waals surface area contributed by atoms with Gasteiger partial charge in [0.25, 0.3) is 0 Å². The van der Waals surface area contributed by atoms with Crippen molar-refractivity contribution in [3.05, 3.63) is 52.3 Å². The Labute approximate surface area is 106 Å². The highest BCUT2D eigenvalue weighted by atomic mass is 35.5. The molecule has 1 aromatic heterocycles. The SMILES string of the molecule is Cc1ccc(C)c(Oc2cc(Cl)ncc2C)c1. The van der Waals surface area contributed by atoms with Gasteiger partial charge in [0.1, 0.15) is 16.7 Å². The van der Waals surface area contributed by atoms with E-state index in [0.717, 1.165) is 22.6 Å². The van der Waals surface area contributed by atoms with Crippen LogP contribution in [0.2, 0.25) is 5.15 Å². The first kappa shape index (κ1) is 11.9. The molecule has 0 amide bonds. The molecule has 0 N–H and O–H groups in total. The van der Waals surface area contributed by atoms with Crippen molar-refractivity contribution in [3.8, 4) is 11.5 Å². The van der Waals surface area contributed by atoms with Crippen molar-refractivity contribution in [1.29, 1.82) is 0 Å². The number of benzene rings is 1. The highest BCUT2D eigenvalue weighted by Crippen LogP contribution is 2.29. The predicted molar refractivity (Wildman–Crippen MR) is 70.0 cm³/mol. The molecular formula is C14H14ClNO. The summed E-state index contributed by atoms with van der Waals surface area (Å²) in [4.78, 5) is 4.01. The predicted octanol–water partition coefficient (Wildman–Crippen LogP) is 4.45. The van der Waals surface area contributed by atoms with Crippen molar-refractivity contribution in [2.24, 2.45) is 0 Å². The number of nitrogens with zero attached hydrogens (tertiary/aromatic N) is 1. The summed E-state index contributed by atoms with van der Waals surface area (Å²) in [6.45, 7) is 6.01. The Morgan fingerprint density at radius 1 is 1.00 bits per heavy atom. The van der Waals surface area contributed by atoms with Crippen LogP contribution in [0.3, 0.4) is 0 Å². The number of aromatic nitrogens is 1. The topological polar surface area (TPSA) is 22.1 Å². The second-order valence-electron chi connectivity index (χ2n) is 4.14. The maximum Gasteiger partial charge on any atom is 0.134 e. The number of halogens is 1. The Morgan fingerprint density at radius 3 is 2.47 bits per heavy atom. The molecule has 0 aliphatic heterocycles. The van der Waals surface area contributed by atoms with Gasteiger partial charge < -0.3 is 4.74 Å². The minimum atomic E-state index is 0.441. The Kier molecular flexibility index (Phi) is 3.34. The number of hydrogen-bond donors (Lipinski definition) is 0. The van der Waals surface area contributed by atoms with E-state index in [2.05, 4.69) is 11.1 Å². The largest absolute Gasteiger partial charge is 0.457 e. The summed E-state index contributed by atoms with van der Waals surface area (Å²) in [6, 6.07) is 7.86. The van der Waals surface area contributed by atoms with Gasteiger partial charge >= 0.3 is 0 Å². The van der Waals surface area contributed by atoms with E-state index in [1.165, 1.54) is 5.56 Å². The molecule has 0 bridgehead atoms. The van der Waals surface area contributed by atoms with Gasteiger partial charge in [0, 0.05) is 17.8 Å². The molecule has 0 saturated carbocycles. The Morgan fingerprint density at radius 2 is 1.71 bits per heavy atom. The summed E-state index contributed by atoms with van der Waals surface area (Å²) in [6.07, 6.45) is 1.71. The van der Waals surface area contributed by atoms with Gasteiger partial charge in [0.05, 0.1) is 0 Å². The van der Waals surface area contributed by atoms with E-state index < -0.39 is 0 Å². The molecule has 0 saturated heterocycles. The van der Waals surface area contributed by atoms with Crippen molar-refractivity contribution in [2.75, 3.05) is 0 Å². The van der Waals surface area contributed by atoms with Crippen LogP contribution in [0.4, 0.5) is 0 Å². The van der Waals surface area contributed by atoms with Crippen LogP contribution >= 0.6 is 11.6 Å². The van der Waals surface area contributed by atoms with Crippen LogP contribution in [-0.2, 0) is 0 Å². The lowest BCUT2D eigenvalue weighted by atomic mass is 10.1. The fourth-order valence-electron chi connectivity index (χ4n) is 1.53. The summed E-state index contributed by atoms with van der Waals surface area (Å²) in [5.74, 6) is 1.61. The molecule has 2 rings (SSSR count). The Bertz CT molecular complexity index is 502. The summed E-state index contributed by atoms with van der Waals surface area (Å²) in [5, 5.41) is 0.441. The van der Waals surface area contributed by atoms with Crippen LogP contribution in [0, 0.1) is 20.8 Å². The quantitative estimate of drug-likeness (QED) is 0.732. The fraction of sp³-hybridized carbons (Fsp3) is 0.214. The second kappa shape index (κ2) is 4.76. The van der Waals surface area contributed by atoms with E-state index >= 15 is 0 Å². The van der Waals surface area contributed by atoms with E-state index in [0.29, 0.717) is 5.15 Å². The first-order valence-electron chi connectivity index (χ1n) is 5.43. The molecule has 1 heterocycles. The fourth-order valence-corrected chi connectivity index (χ4v) is 1.67. The summed E-state index contributed by atoms with van der Waals surface area (Å²) in [7, 11) is 0. The van der Waals surface area contributed by atoms with Gasteiger partial charge in [0.15, 0.2) is 0 Å². The van der Waals surface area contributed by atoms with Gasteiger partial charge in [-0.05, 0) is 38.0 Å². The van der Waals surface area contributed by atoms with Gasteiger partial charge in [0.2, 0.25) is 0 Å². The van der Waals surface area contributed by atoms with E-state index in [1.54, 1.807) is 12.3 Å². The molecule has 0 unspecified atom stereocenters. The Hall–Kier alpha value is -1.54. The number of hydrogen-bond acceptors (Lipinski definition) is 2. The average Bonchev–Trinajstić information content (AvgIpc) is 2.28. The molecule has 0 aliphatic carbocycles. The number of aryl methyl sites for hydroxylation is 3. The number of rotatable bonds is 2. The molecule has 1 aromatic carbocycles. The van der Waals surface area contributed by atoms with Crippen LogP contribution in [0.1, 0.15) is 16.7 Å². The zero-order valence-corrected chi connectivity index (χ0v) is 10.9. The van der Waals surface area contributed by atoms with Crippen LogP contribution < -0.4 is 4.74 Å². The van der Waals surface area contributed by atoms with Crippen molar-refractivity contribution in [3.63, 3.8) is 0 Å². The third-order valence-corrected chi connectivity index (χ3v) is 2.79. The van der Waals surface area contributed by atoms with Gasteiger partial charge in [-0.2, -0.15) is 0 Å². The van der Waals surface area contributed by atoms with Gasteiger partial charge in [-0.3, -0.25) is 0 Å². The molecule has 0 aliphatic rings. The van der Waals surface area contributed by atoms with Crippen molar-refractivity contribution in [1.82, 2.24) is 4.98 Å². The van der Waals surface area contributed by atoms with Crippen LogP contribution in [0.25, 0.3) is 0 Å². The molecule has 3 heteroatoms. The monoisotopic (exact) mass is 247 g/mol. The normalized spacial score (nSPS) is 10.4. The number of pyridine rings is 1. The first-order chi connectivity index (χ1) is 8.06. The lowest BCUT2D eigenvalue weighted by Gasteiger charge is -2.11. The lowest BCUT2D eigenvalue weighted by molar-refractivity contribution is 0.474. The number of ether oxygens (including phenoxy) is 1. The molecule has 0 spiro atoms. The van der Waals surface area contributed by atoms with E-state index in [1.807, 2.05) is 32.9 Å². The maximum absolute atomic E-state index is 5.88. The molecular weight excluding hydrogens is 234 g/mol. The molecule has 0 radical (unpaired) electrons. The zero-order valence-electron chi connectivity index (χ0n) is 10.1. The second-order valence-corrected chi connectivity index (χ2v) is 4.53. The minimum absolute atomic E-state index is 0.441. The van der Waals surface area contributed by atoms with Gasteiger partial charge in [-0.15, -0.1) is 0 Å². The summed E-state index contributed by atoms with van der Waals surface area (Å²) < 4.78 is 5.88. The van der Waals surface area contributed by atoms with Crippen LogP contribution in [0.15, 0.2) is 30.5 Å². The standard InChI is InChI=1S/C14H14ClNO/c1-9-4-5-10(2)12(6-9)17-13-7-14(15)16-8-11(13)3/h4-8H,1-3H3. The van der Waals surface area contributed by atoms with Crippen molar-refractivity contribution >= 4 is 11.6 Å².